The van der Waals surface area contributed by atoms with Gasteiger partial charge in [0.1, 0.15) is 0 Å². The van der Waals surface area contributed by atoms with Crippen LogP contribution in [0.4, 0.5) is 13.2 Å². The third kappa shape index (κ3) is 1.86. The van der Waals surface area contributed by atoms with Gasteiger partial charge in [-0.25, -0.2) is 0 Å². The van der Waals surface area contributed by atoms with E-state index in [0.29, 0.717) is 5.39 Å². The first-order valence-electron chi connectivity index (χ1n) is 4.58. The predicted octanol–water partition coefficient (Wildman–Crippen LogP) is 2.83. The lowest BCUT2D eigenvalue weighted by Crippen LogP contribution is -2.20. The van der Waals surface area contributed by atoms with Crippen LogP contribution in [-0.4, -0.2) is 16.3 Å². The first kappa shape index (κ1) is 10.9. The van der Waals surface area contributed by atoms with Crippen LogP contribution in [0.3, 0.4) is 0 Å². The molecule has 1 heterocycles. The van der Waals surface area contributed by atoms with Crippen LogP contribution in [0.15, 0.2) is 36.5 Å². The minimum atomic E-state index is -4.67. The Labute approximate surface area is 89.4 Å². The maximum absolute atomic E-state index is 12.4. The van der Waals surface area contributed by atoms with Gasteiger partial charge >= 0.3 is 6.18 Å². The minimum Gasteiger partial charge on any atom is -0.379 e. The summed E-state index contributed by atoms with van der Waals surface area (Å²) in [6, 6.07) is 7.62. The number of aliphatic hydroxyl groups is 1. The summed E-state index contributed by atoms with van der Waals surface area (Å²) < 4.78 is 37.2. The van der Waals surface area contributed by atoms with Crippen LogP contribution in [0.2, 0.25) is 0 Å². The fourth-order valence-electron chi connectivity index (χ4n) is 1.52. The molecule has 2 nitrogen and oxygen atoms in total. The third-order valence-electron chi connectivity index (χ3n) is 2.27. The molecule has 0 aliphatic carbocycles. The fourth-order valence-corrected chi connectivity index (χ4v) is 1.52. The van der Waals surface area contributed by atoms with E-state index in [2.05, 4.69) is 4.98 Å². The third-order valence-corrected chi connectivity index (χ3v) is 2.27. The quantitative estimate of drug-likeness (QED) is 0.812. The Kier molecular flexibility index (Phi) is 2.55. The molecule has 0 radical (unpaired) electrons. The molecule has 1 aromatic heterocycles. The lowest BCUT2D eigenvalue weighted by Gasteiger charge is -2.15. The highest BCUT2D eigenvalue weighted by molar-refractivity contribution is 5.81. The van der Waals surface area contributed by atoms with Crippen LogP contribution < -0.4 is 0 Å². The Bertz CT molecular complexity index is 505. The summed E-state index contributed by atoms with van der Waals surface area (Å²) >= 11 is 0. The van der Waals surface area contributed by atoms with E-state index in [1.54, 1.807) is 18.2 Å². The molecule has 0 unspecified atom stereocenters. The number of pyridine rings is 1. The summed E-state index contributed by atoms with van der Waals surface area (Å²) in [4.78, 5) is 3.86. The lowest BCUT2D eigenvalue weighted by atomic mass is 10.0. The van der Waals surface area contributed by atoms with Crippen molar-refractivity contribution in [2.75, 3.05) is 0 Å². The maximum Gasteiger partial charge on any atom is 0.418 e. The Morgan fingerprint density at radius 3 is 2.50 bits per heavy atom. The van der Waals surface area contributed by atoms with Crippen LogP contribution in [0.1, 0.15) is 11.7 Å². The van der Waals surface area contributed by atoms with Crippen molar-refractivity contribution in [3.63, 3.8) is 0 Å². The van der Waals surface area contributed by atoms with E-state index in [-0.39, 0.29) is 11.1 Å². The van der Waals surface area contributed by atoms with Gasteiger partial charge in [-0.15, -0.1) is 0 Å². The predicted molar refractivity (Wildman–Crippen MR) is 52.8 cm³/mol. The average Bonchev–Trinajstić information content (AvgIpc) is 2.26. The van der Waals surface area contributed by atoms with E-state index in [0.717, 1.165) is 0 Å². The van der Waals surface area contributed by atoms with Crippen LogP contribution >= 0.6 is 0 Å². The Hall–Kier alpha value is -1.62. The van der Waals surface area contributed by atoms with Gasteiger partial charge in [0.25, 0.3) is 0 Å². The van der Waals surface area contributed by atoms with Crippen LogP contribution in [-0.2, 0) is 0 Å². The van der Waals surface area contributed by atoms with Crippen molar-refractivity contribution in [3.8, 4) is 0 Å². The van der Waals surface area contributed by atoms with E-state index in [1.807, 2.05) is 0 Å². The zero-order chi connectivity index (χ0) is 11.8. The van der Waals surface area contributed by atoms with Crippen LogP contribution in [0, 0.1) is 0 Å². The van der Waals surface area contributed by atoms with Crippen molar-refractivity contribution in [2.45, 2.75) is 12.3 Å². The number of benzene rings is 1. The monoisotopic (exact) mass is 227 g/mol. The van der Waals surface area contributed by atoms with Crippen molar-refractivity contribution in [1.82, 2.24) is 4.98 Å². The average molecular weight is 227 g/mol. The Morgan fingerprint density at radius 1 is 1.12 bits per heavy atom. The van der Waals surface area contributed by atoms with E-state index in [4.69, 9.17) is 0 Å². The van der Waals surface area contributed by atoms with Crippen molar-refractivity contribution < 1.29 is 18.3 Å². The first-order chi connectivity index (χ1) is 7.50. The summed E-state index contributed by atoms with van der Waals surface area (Å²) in [5.41, 5.74) is -0.0413. The van der Waals surface area contributed by atoms with Gasteiger partial charge in [-0.3, -0.25) is 4.98 Å². The van der Waals surface area contributed by atoms with E-state index >= 15 is 0 Å². The number of halogens is 3. The van der Waals surface area contributed by atoms with Gasteiger partial charge < -0.3 is 5.11 Å². The van der Waals surface area contributed by atoms with Gasteiger partial charge in [-0.1, -0.05) is 24.3 Å². The molecule has 0 bridgehead atoms. The fraction of sp³-hybridized carbons (Fsp3) is 0.182. The minimum absolute atomic E-state index is 0.176. The highest BCUT2D eigenvalue weighted by Crippen LogP contribution is 2.35. The molecule has 2 aromatic rings. The maximum atomic E-state index is 12.4. The van der Waals surface area contributed by atoms with Gasteiger partial charge in [-0.2, -0.15) is 13.2 Å². The second-order valence-electron chi connectivity index (χ2n) is 3.37. The van der Waals surface area contributed by atoms with Crippen LogP contribution in [0.25, 0.3) is 10.9 Å². The van der Waals surface area contributed by atoms with Gasteiger partial charge in [0.15, 0.2) is 6.10 Å². The molecule has 0 aliphatic rings. The summed E-state index contributed by atoms with van der Waals surface area (Å²) in [7, 11) is 0. The van der Waals surface area contributed by atoms with Gasteiger partial charge in [0.05, 0.1) is 5.52 Å². The molecule has 0 fully saturated rings. The molecule has 84 valence electrons. The largest absolute Gasteiger partial charge is 0.418 e. The first-order valence-corrected chi connectivity index (χ1v) is 4.58. The second kappa shape index (κ2) is 3.75. The topological polar surface area (TPSA) is 33.1 Å². The van der Waals surface area contributed by atoms with E-state index < -0.39 is 12.3 Å². The number of hydrogen-bond donors (Lipinski definition) is 1. The summed E-state index contributed by atoms with van der Waals surface area (Å²) in [5, 5.41) is 9.76. The number of para-hydroxylation sites is 1. The van der Waals surface area contributed by atoms with Crippen LogP contribution in [0.5, 0.6) is 0 Å². The molecular formula is C11H8F3NO. The molecule has 0 aliphatic heterocycles. The molecule has 2 rings (SSSR count). The Morgan fingerprint density at radius 2 is 1.81 bits per heavy atom. The number of aliphatic hydroxyl groups excluding tert-OH is 1. The molecule has 0 spiro atoms. The highest BCUT2D eigenvalue weighted by atomic mass is 19.4. The molecule has 0 amide bonds. The standard InChI is InChI=1S/C11H8F3NO/c12-11(13,14)10(16)8-5-1-3-7-4-2-6-15-9(7)8/h1-6,10,16H/t10-/m1/s1. The van der Waals surface area contributed by atoms with Gasteiger partial charge in [0.2, 0.25) is 0 Å². The molecule has 1 N–H and O–H groups in total. The number of hydrogen-bond acceptors (Lipinski definition) is 2. The van der Waals surface area contributed by atoms with Gasteiger partial charge in [-0.05, 0) is 6.07 Å². The van der Waals surface area contributed by atoms with E-state index in [9.17, 15) is 18.3 Å². The molecule has 16 heavy (non-hydrogen) atoms. The summed E-state index contributed by atoms with van der Waals surface area (Å²) in [5.74, 6) is 0. The zero-order valence-electron chi connectivity index (χ0n) is 8.07. The Balaban J connectivity index is 2.61. The van der Waals surface area contributed by atoms with Crippen molar-refractivity contribution in [2.24, 2.45) is 0 Å². The number of nitrogens with zero attached hydrogens (tertiary/aromatic N) is 1. The number of aromatic nitrogens is 1. The number of rotatable bonds is 1. The SMILES string of the molecule is O[C@H](c1cccc2cccnc12)C(F)(F)F. The second-order valence-corrected chi connectivity index (χ2v) is 3.37. The van der Waals surface area contributed by atoms with Crippen molar-refractivity contribution in [3.05, 3.63) is 42.1 Å². The zero-order valence-corrected chi connectivity index (χ0v) is 8.07. The summed E-state index contributed by atoms with van der Waals surface area (Å²) in [6.45, 7) is 0. The lowest BCUT2D eigenvalue weighted by molar-refractivity contribution is -0.206. The molecule has 1 aromatic carbocycles. The van der Waals surface area contributed by atoms with E-state index in [1.165, 1.54) is 18.3 Å². The van der Waals surface area contributed by atoms with Crippen molar-refractivity contribution >= 4 is 10.9 Å². The smallest absolute Gasteiger partial charge is 0.379 e. The molecule has 1 atom stereocenters. The molecule has 0 saturated carbocycles. The normalized spacial score (nSPS) is 14.0. The highest BCUT2D eigenvalue weighted by Gasteiger charge is 2.40. The number of alkyl halides is 3. The molecule has 0 saturated heterocycles. The number of fused-ring (bicyclic) bond motifs is 1. The summed E-state index contributed by atoms with van der Waals surface area (Å²) in [6.07, 6.45) is -5.77. The molecule has 5 heteroatoms. The van der Waals surface area contributed by atoms with Gasteiger partial charge in [0, 0.05) is 17.1 Å². The van der Waals surface area contributed by atoms with Crippen molar-refractivity contribution in [1.29, 1.82) is 0 Å². The molecular weight excluding hydrogens is 219 g/mol.